The summed E-state index contributed by atoms with van der Waals surface area (Å²) < 4.78 is 11.4. The lowest BCUT2D eigenvalue weighted by Gasteiger charge is -2.10. The molecule has 0 atom stereocenters. The van der Waals surface area contributed by atoms with Crippen molar-refractivity contribution < 1.29 is 24.2 Å². The number of aromatic carboxylic acids is 1. The second-order valence-electron chi connectivity index (χ2n) is 7.62. The molecule has 3 aromatic rings. The summed E-state index contributed by atoms with van der Waals surface area (Å²) in [6, 6.07) is 21.4. The lowest BCUT2D eigenvalue weighted by Crippen LogP contribution is -2.23. The zero-order chi connectivity index (χ0) is 24.8. The molecule has 0 bridgehead atoms. The van der Waals surface area contributed by atoms with Gasteiger partial charge in [-0.15, -0.1) is 0 Å². The smallest absolute Gasteiger partial charge is 0.335 e. The first-order valence-electron chi connectivity index (χ1n) is 11.0. The number of amides is 1. The van der Waals surface area contributed by atoms with E-state index >= 15 is 0 Å². The molecule has 0 aromatic heterocycles. The van der Waals surface area contributed by atoms with Crippen molar-refractivity contribution in [3.8, 4) is 11.5 Å². The van der Waals surface area contributed by atoms with Crippen LogP contribution < -0.4 is 9.47 Å². The van der Waals surface area contributed by atoms with E-state index in [0.29, 0.717) is 22.4 Å². The normalized spacial score (nSPS) is 15.6. The Morgan fingerprint density at radius 2 is 1.74 bits per heavy atom. The number of benzene rings is 3. The molecule has 0 radical (unpaired) electrons. The van der Waals surface area contributed by atoms with Gasteiger partial charge in [0.25, 0.3) is 5.91 Å². The molecule has 35 heavy (non-hydrogen) atoms. The Morgan fingerprint density at radius 1 is 1.03 bits per heavy atom. The molecular weight excluding hydrogens is 464 g/mol. The third-order valence-corrected chi connectivity index (χ3v) is 6.24. The van der Waals surface area contributed by atoms with Gasteiger partial charge in [0.2, 0.25) is 0 Å². The highest BCUT2D eigenvalue weighted by molar-refractivity contribution is 8.18. The molecule has 178 valence electrons. The Morgan fingerprint density at radius 3 is 2.43 bits per heavy atom. The van der Waals surface area contributed by atoms with Crippen LogP contribution in [0, 0.1) is 0 Å². The van der Waals surface area contributed by atoms with Crippen LogP contribution in [0.2, 0.25) is 0 Å². The average Bonchev–Trinajstić information content (AvgIpc) is 3.12. The summed E-state index contributed by atoms with van der Waals surface area (Å²) in [4.78, 5) is 30.6. The van der Waals surface area contributed by atoms with Gasteiger partial charge >= 0.3 is 5.97 Å². The monoisotopic (exact) mass is 488 g/mol. The first-order valence-corrected chi connectivity index (χ1v) is 11.8. The molecule has 0 saturated carbocycles. The van der Waals surface area contributed by atoms with Crippen molar-refractivity contribution in [3.63, 3.8) is 0 Å². The predicted octanol–water partition coefficient (Wildman–Crippen LogP) is 5.60. The number of carbonyl (C=O) groups excluding carboxylic acids is 1. The first-order chi connectivity index (χ1) is 16.9. The number of hydrogen-bond acceptors (Lipinski definition) is 6. The van der Waals surface area contributed by atoms with Gasteiger partial charge in [0.15, 0.2) is 5.17 Å². The van der Waals surface area contributed by atoms with Crippen LogP contribution in [0.3, 0.4) is 0 Å². The number of amidine groups is 1. The number of rotatable bonds is 8. The molecule has 1 saturated heterocycles. The molecule has 1 aliphatic rings. The van der Waals surface area contributed by atoms with E-state index in [0.717, 1.165) is 22.6 Å². The van der Waals surface area contributed by atoms with Gasteiger partial charge in [0, 0.05) is 12.6 Å². The van der Waals surface area contributed by atoms with Crippen molar-refractivity contribution in [3.05, 3.63) is 94.4 Å². The standard InChI is InChI=1S/C27H24N2O5S/c1-3-33-22-14-12-21(13-15-22)28-27-29(2)25(30)24(35-27)16-20-6-4-5-7-23(20)34-17-18-8-10-19(11-9-18)26(31)32/h4-16H,3,17H2,1-2H3,(H,31,32)/b24-16-,28-27?. The minimum Gasteiger partial charge on any atom is -0.494 e. The van der Waals surface area contributed by atoms with E-state index in [2.05, 4.69) is 4.99 Å². The largest absolute Gasteiger partial charge is 0.494 e. The summed E-state index contributed by atoms with van der Waals surface area (Å²) >= 11 is 1.30. The number of carboxylic acids is 1. The zero-order valence-electron chi connectivity index (χ0n) is 19.3. The van der Waals surface area contributed by atoms with Crippen LogP contribution in [-0.4, -0.2) is 40.7 Å². The van der Waals surface area contributed by atoms with Crippen LogP contribution in [0.5, 0.6) is 11.5 Å². The zero-order valence-corrected chi connectivity index (χ0v) is 20.1. The van der Waals surface area contributed by atoms with Crippen molar-refractivity contribution in [1.29, 1.82) is 0 Å². The number of likely N-dealkylation sites (N-methyl/N-ethyl adjacent to an activating group) is 1. The Labute approximate surface area is 207 Å². The van der Waals surface area contributed by atoms with E-state index in [9.17, 15) is 9.59 Å². The molecule has 1 N–H and O–H groups in total. The number of para-hydroxylation sites is 1. The molecule has 4 rings (SSSR count). The fourth-order valence-electron chi connectivity index (χ4n) is 3.32. The molecule has 3 aromatic carbocycles. The van der Waals surface area contributed by atoms with Gasteiger partial charge in [-0.05, 0) is 72.8 Å². The second kappa shape index (κ2) is 10.9. The van der Waals surface area contributed by atoms with Crippen molar-refractivity contribution in [2.45, 2.75) is 13.5 Å². The average molecular weight is 489 g/mol. The van der Waals surface area contributed by atoms with Gasteiger partial charge in [0.1, 0.15) is 18.1 Å². The molecule has 1 fully saturated rings. The lowest BCUT2D eigenvalue weighted by molar-refractivity contribution is -0.121. The van der Waals surface area contributed by atoms with Crippen LogP contribution in [0.25, 0.3) is 6.08 Å². The molecule has 1 amide bonds. The van der Waals surface area contributed by atoms with Crippen LogP contribution in [0.15, 0.2) is 82.7 Å². The number of nitrogens with zero attached hydrogens (tertiary/aromatic N) is 2. The number of ether oxygens (including phenoxy) is 2. The molecular formula is C27H24N2O5S. The van der Waals surface area contributed by atoms with Gasteiger partial charge in [-0.2, -0.15) is 0 Å². The van der Waals surface area contributed by atoms with Gasteiger partial charge in [-0.25, -0.2) is 9.79 Å². The van der Waals surface area contributed by atoms with Crippen molar-refractivity contribution in [2.75, 3.05) is 13.7 Å². The summed E-state index contributed by atoms with van der Waals surface area (Å²) in [5.74, 6) is 0.285. The summed E-state index contributed by atoms with van der Waals surface area (Å²) in [5.41, 5.74) is 2.56. The maximum absolute atomic E-state index is 12.9. The van der Waals surface area contributed by atoms with Gasteiger partial charge in [-0.3, -0.25) is 9.69 Å². The van der Waals surface area contributed by atoms with E-state index in [1.54, 1.807) is 37.4 Å². The molecule has 0 spiro atoms. The van der Waals surface area contributed by atoms with Crippen molar-refractivity contribution in [1.82, 2.24) is 4.90 Å². The highest BCUT2D eigenvalue weighted by Gasteiger charge is 2.30. The Kier molecular flexibility index (Phi) is 7.52. The molecule has 1 heterocycles. The Hall–Kier alpha value is -4.04. The molecule has 0 unspecified atom stereocenters. The minimum atomic E-state index is -0.969. The van der Waals surface area contributed by atoms with E-state index < -0.39 is 5.97 Å². The quantitative estimate of drug-likeness (QED) is 0.416. The summed E-state index contributed by atoms with van der Waals surface area (Å²) in [6.07, 6.45) is 1.80. The number of hydrogen-bond donors (Lipinski definition) is 1. The predicted molar refractivity (Wildman–Crippen MR) is 137 cm³/mol. The maximum Gasteiger partial charge on any atom is 0.335 e. The highest BCUT2D eigenvalue weighted by atomic mass is 32.2. The molecule has 0 aliphatic carbocycles. The van der Waals surface area contributed by atoms with E-state index in [4.69, 9.17) is 14.6 Å². The van der Waals surface area contributed by atoms with E-state index in [1.165, 1.54) is 16.7 Å². The van der Waals surface area contributed by atoms with Gasteiger partial charge in [-0.1, -0.05) is 30.3 Å². The van der Waals surface area contributed by atoms with Crippen molar-refractivity contribution in [2.24, 2.45) is 4.99 Å². The SMILES string of the molecule is CCOc1ccc(N=C2S/C(=C\c3ccccc3OCc3ccc(C(=O)O)cc3)C(=O)N2C)cc1. The number of carboxylic acid groups (broad SMARTS) is 1. The van der Waals surface area contributed by atoms with Gasteiger partial charge < -0.3 is 14.6 Å². The first kappa shape index (κ1) is 24.1. The van der Waals surface area contributed by atoms with Gasteiger partial charge in [0.05, 0.1) is 22.8 Å². The highest BCUT2D eigenvalue weighted by Crippen LogP contribution is 2.35. The van der Waals surface area contributed by atoms with E-state index in [-0.39, 0.29) is 18.1 Å². The topological polar surface area (TPSA) is 88.4 Å². The lowest BCUT2D eigenvalue weighted by atomic mass is 10.1. The summed E-state index contributed by atoms with van der Waals surface area (Å²) in [7, 11) is 1.70. The minimum absolute atomic E-state index is 0.140. The van der Waals surface area contributed by atoms with E-state index in [1.807, 2.05) is 55.5 Å². The Balaban J connectivity index is 1.50. The summed E-state index contributed by atoms with van der Waals surface area (Å²) in [5, 5.41) is 9.63. The van der Waals surface area contributed by atoms with Crippen LogP contribution >= 0.6 is 11.8 Å². The van der Waals surface area contributed by atoms with Crippen LogP contribution in [-0.2, 0) is 11.4 Å². The molecule has 7 nitrogen and oxygen atoms in total. The number of thioether (sulfide) groups is 1. The van der Waals surface area contributed by atoms with Crippen LogP contribution in [0.1, 0.15) is 28.4 Å². The van der Waals surface area contributed by atoms with Crippen molar-refractivity contribution >= 4 is 40.6 Å². The maximum atomic E-state index is 12.9. The number of aliphatic imine (C=N–C) groups is 1. The molecule has 8 heteroatoms. The fraction of sp³-hybridized carbons (Fsp3) is 0.148. The second-order valence-corrected chi connectivity index (χ2v) is 8.63. The fourth-order valence-corrected chi connectivity index (χ4v) is 4.30. The third kappa shape index (κ3) is 5.91. The molecule has 1 aliphatic heterocycles. The number of carbonyl (C=O) groups is 2. The Bertz CT molecular complexity index is 1280. The third-order valence-electron chi connectivity index (χ3n) is 5.18. The van der Waals surface area contributed by atoms with Crippen LogP contribution in [0.4, 0.5) is 5.69 Å². The summed E-state index contributed by atoms with van der Waals surface area (Å²) in [6.45, 7) is 2.79.